The molecule has 1 aromatic rings. The Hall–Kier alpha value is -1.52. The first-order valence-corrected chi connectivity index (χ1v) is 9.57. The van der Waals surface area contributed by atoms with Gasteiger partial charge in [0, 0.05) is 5.54 Å². The molecule has 4 rings (SSSR count). The van der Waals surface area contributed by atoms with Crippen LogP contribution in [0.1, 0.15) is 62.3 Å². The van der Waals surface area contributed by atoms with Gasteiger partial charge in [-0.3, -0.25) is 14.4 Å². The van der Waals surface area contributed by atoms with Gasteiger partial charge in [0.2, 0.25) is 0 Å². The molecule has 0 N–H and O–H groups in total. The summed E-state index contributed by atoms with van der Waals surface area (Å²) in [7, 11) is 0. The van der Waals surface area contributed by atoms with E-state index in [1.807, 2.05) is 25.8 Å². The van der Waals surface area contributed by atoms with Crippen LogP contribution in [-0.2, 0) is 14.4 Å². The third-order valence-electron chi connectivity index (χ3n) is 6.64. The van der Waals surface area contributed by atoms with E-state index in [9.17, 15) is 9.59 Å². The monoisotopic (exact) mass is 355 g/mol. The van der Waals surface area contributed by atoms with Gasteiger partial charge < -0.3 is 0 Å². The average molecular weight is 355 g/mol. The van der Waals surface area contributed by atoms with E-state index in [0.29, 0.717) is 0 Å². The van der Waals surface area contributed by atoms with Gasteiger partial charge in [-0.05, 0) is 63.1 Å². The van der Waals surface area contributed by atoms with Gasteiger partial charge in [0.15, 0.2) is 11.6 Å². The molecule has 26 heavy (non-hydrogen) atoms. The molecule has 0 radical (unpaired) electrons. The lowest BCUT2D eigenvalue weighted by Gasteiger charge is -2.31. The van der Waals surface area contributed by atoms with Gasteiger partial charge in [0.1, 0.15) is 12.0 Å². The van der Waals surface area contributed by atoms with Crippen LogP contribution in [0.2, 0.25) is 0 Å². The Balaban J connectivity index is 1.78. The van der Waals surface area contributed by atoms with Crippen LogP contribution in [0.5, 0.6) is 0 Å². The highest BCUT2D eigenvalue weighted by Gasteiger charge is 2.68. The summed E-state index contributed by atoms with van der Waals surface area (Å²) in [6.07, 6.45) is 0.319. The van der Waals surface area contributed by atoms with Crippen molar-refractivity contribution in [1.82, 2.24) is 5.06 Å². The van der Waals surface area contributed by atoms with Crippen LogP contribution in [0.25, 0.3) is 0 Å². The van der Waals surface area contributed by atoms with E-state index in [0.717, 1.165) is 28.7 Å². The van der Waals surface area contributed by atoms with E-state index >= 15 is 0 Å². The summed E-state index contributed by atoms with van der Waals surface area (Å²) in [6.45, 7) is 14.7. The molecule has 1 saturated carbocycles. The number of rotatable bonds is 1. The van der Waals surface area contributed by atoms with Gasteiger partial charge in [-0.2, -0.15) is 5.06 Å². The third kappa shape index (κ3) is 2.21. The summed E-state index contributed by atoms with van der Waals surface area (Å²) in [5.41, 5.74) is 3.87. The highest BCUT2D eigenvalue weighted by Crippen LogP contribution is 2.57. The van der Waals surface area contributed by atoms with E-state index < -0.39 is 12.0 Å². The molecule has 3 aliphatic rings. The number of hydroxylamine groups is 2. The van der Waals surface area contributed by atoms with Crippen LogP contribution < -0.4 is 0 Å². The van der Waals surface area contributed by atoms with E-state index in [-0.39, 0.29) is 34.5 Å². The van der Waals surface area contributed by atoms with Crippen molar-refractivity contribution >= 4 is 11.6 Å². The van der Waals surface area contributed by atoms with Crippen LogP contribution in [0.4, 0.5) is 0 Å². The van der Waals surface area contributed by atoms with E-state index in [4.69, 9.17) is 4.84 Å². The zero-order valence-electron chi connectivity index (χ0n) is 16.8. The molecular weight excluding hydrogens is 326 g/mol. The molecule has 0 aromatic heterocycles. The maximum absolute atomic E-state index is 13.5. The second-order valence-corrected chi connectivity index (χ2v) is 9.85. The van der Waals surface area contributed by atoms with Gasteiger partial charge >= 0.3 is 0 Å². The van der Waals surface area contributed by atoms with Crippen molar-refractivity contribution in [1.29, 1.82) is 0 Å². The molecule has 0 bridgehead atoms. The minimum absolute atomic E-state index is 0.0324. The van der Waals surface area contributed by atoms with Crippen molar-refractivity contribution in [2.45, 2.75) is 78.5 Å². The highest BCUT2D eigenvalue weighted by atomic mass is 16.7. The molecular formula is C22H29NO3. The van der Waals surface area contributed by atoms with Crippen LogP contribution in [-0.4, -0.2) is 34.3 Å². The normalized spacial score (nSPS) is 35.0. The summed E-state index contributed by atoms with van der Waals surface area (Å²) < 4.78 is 0. The van der Waals surface area contributed by atoms with Gasteiger partial charge in [-0.15, -0.1) is 0 Å². The highest BCUT2D eigenvalue weighted by molar-refractivity contribution is 6.18. The number of Topliss-reactive ketones (excluding diaryl/α,β-unsaturated/α-hetero) is 2. The SMILES string of the molecule is Cc1cc(C)c(C2C(=O)C3ON4C(C3C2=O)C(C)(C)CC4(C)C)c(C)c1. The van der Waals surface area contributed by atoms with Gasteiger partial charge in [-0.1, -0.05) is 31.5 Å². The fourth-order valence-corrected chi connectivity index (χ4v) is 6.15. The average Bonchev–Trinajstić information content (AvgIpc) is 3.04. The molecule has 1 aliphatic carbocycles. The zero-order valence-corrected chi connectivity index (χ0v) is 16.8. The first-order chi connectivity index (χ1) is 12.0. The number of ketones is 2. The number of hydrogen-bond acceptors (Lipinski definition) is 4. The van der Waals surface area contributed by atoms with E-state index in [1.54, 1.807) is 0 Å². The van der Waals surface area contributed by atoms with Gasteiger partial charge in [0.25, 0.3) is 0 Å². The maximum Gasteiger partial charge on any atom is 0.179 e. The number of aryl methyl sites for hydroxylation is 3. The van der Waals surface area contributed by atoms with Gasteiger partial charge in [0.05, 0.1) is 12.0 Å². The summed E-state index contributed by atoms with van der Waals surface area (Å²) >= 11 is 0. The Bertz CT molecular complexity index is 800. The van der Waals surface area contributed by atoms with Crippen molar-refractivity contribution in [3.8, 4) is 0 Å². The summed E-state index contributed by atoms with van der Waals surface area (Å²) in [6, 6.07) is 4.09. The lowest BCUT2D eigenvalue weighted by atomic mass is 9.74. The molecule has 2 heterocycles. The quantitative estimate of drug-likeness (QED) is 0.722. The number of nitrogens with zero attached hydrogens (tertiary/aromatic N) is 1. The first-order valence-electron chi connectivity index (χ1n) is 9.57. The molecule has 4 heteroatoms. The van der Waals surface area contributed by atoms with Crippen LogP contribution >= 0.6 is 0 Å². The largest absolute Gasteiger partial charge is 0.298 e. The molecule has 0 amide bonds. The summed E-state index contributed by atoms with van der Waals surface area (Å²) in [5, 5.41) is 1.96. The Morgan fingerprint density at radius 3 is 2.15 bits per heavy atom. The van der Waals surface area contributed by atoms with Gasteiger partial charge in [-0.25, -0.2) is 0 Å². The molecule has 2 aliphatic heterocycles. The molecule has 140 valence electrons. The molecule has 4 nitrogen and oxygen atoms in total. The summed E-state index contributed by atoms with van der Waals surface area (Å²) in [4.78, 5) is 32.9. The van der Waals surface area contributed by atoms with Crippen molar-refractivity contribution in [3.63, 3.8) is 0 Å². The van der Waals surface area contributed by atoms with Crippen LogP contribution in [0, 0.1) is 32.1 Å². The Morgan fingerprint density at radius 1 is 1.00 bits per heavy atom. The smallest absolute Gasteiger partial charge is 0.179 e. The van der Waals surface area contributed by atoms with E-state index in [1.165, 1.54) is 0 Å². The Morgan fingerprint density at radius 2 is 1.58 bits per heavy atom. The molecule has 4 atom stereocenters. The Kier molecular flexibility index (Phi) is 3.62. The number of benzene rings is 1. The molecule has 2 saturated heterocycles. The summed E-state index contributed by atoms with van der Waals surface area (Å²) in [5.74, 6) is -1.04. The molecule has 1 aromatic carbocycles. The fraction of sp³-hybridized carbons (Fsp3) is 0.636. The topological polar surface area (TPSA) is 46.6 Å². The Labute approximate surface area is 155 Å². The van der Waals surface area contributed by atoms with Crippen molar-refractivity contribution in [2.75, 3.05) is 0 Å². The molecule has 0 spiro atoms. The fourth-order valence-electron chi connectivity index (χ4n) is 6.15. The number of fused-ring (bicyclic) bond motifs is 3. The predicted octanol–water partition coefficient (Wildman–Crippen LogP) is 3.66. The van der Waals surface area contributed by atoms with E-state index in [2.05, 4.69) is 39.8 Å². The lowest BCUT2D eigenvalue weighted by Crippen LogP contribution is -2.43. The maximum atomic E-state index is 13.5. The second kappa shape index (κ2) is 5.26. The molecule has 3 fully saturated rings. The lowest BCUT2D eigenvalue weighted by molar-refractivity contribution is -0.200. The standard InChI is InChI=1S/C22H29NO3/c1-11-8-12(2)14(13(3)9-11)15-17(24)16-19(18(15)25)26-23-20(16)21(4,5)10-22(23,6)7/h8-9,15-16,19-20H,10H2,1-7H3. The minimum Gasteiger partial charge on any atom is -0.298 e. The second-order valence-electron chi connectivity index (χ2n) is 9.85. The number of carbonyl (C=O) groups is 2. The van der Waals surface area contributed by atoms with Crippen LogP contribution in [0.3, 0.4) is 0 Å². The third-order valence-corrected chi connectivity index (χ3v) is 6.64. The number of hydrogen-bond donors (Lipinski definition) is 0. The van der Waals surface area contributed by atoms with Crippen molar-refractivity contribution in [3.05, 3.63) is 34.4 Å². The zero-order chi connectivity index (χ0) is 19.2. The minimum atomic E-state index is -0.674. The van der Waals surface area contributed by atoms with Crippen molar-refractivity contribution in [2.24, 2.45) is 11.3 Å². The number of carbonyl (C=O) groups excluding carboxylic acids is 2. The van der Waals surface area contributed by atoms with Crippen LogP contribution in [0.15, 0.2) is 12.1 Å². The van der Waals surface area contributed by atoms with Crippen molar-refractivity contribution < 1.29 is 14.4 Å². The first kappa shape index (κ1) is 17.9. The predicted molar refractivity (Wildman–Crippen MR) is 99.9 cm³/mol. The molecule has 4 unspecified atom stereocenters.